The molecule has 0 N–H and O–H groups in total. The van der Waals surface area contributed by atoms with Crippen LogP contribution in [0.5, 0.6) is 0 Å². The van der Waals surface area contributed by atoms with Gasteiger partial charge >= 0.3 is 12.4 Å². The molecule has 4 aromatic rings. The van der Waals surface area contributed by atoms with Crippen molar-refractivity contribution in [2.75, 3.05) is 5.75 Å². The fourth-order valence-corrected chi connectivity index (χ4v) is 3.85. The number of imidazole rings is 1. The van der Waals surface area contributed by atoms with Gasteiger partial charge in [-0.2, -0.15) is 31.4 Å². The van der Waals surface area contributed by atoms with Crippen LogP contribution in [0, 0.1) is 0 Å². The van der Waals surface area contributed by atoms with Crippen molar-refractivity contribution in [3.05, 3.63) is 48.0 Å². The molecule has 168 valence electrons. The van der Waals surface area contributed by atoms with Crippen LogP contribution in [0.15, 0.2) is 41.7 Å². The molecule has 4 aromatic heterocycles. The average molecular weight is 472 g/mol. The van der Waals surface area contributed by atoms with Crippen LogP contribution in [-0.4, -0.2) is 35.1 Å². The number of alkyl halides is 6. The Bertz CT molecular complexity index is 1290. The molecule has 0 aromatic carbocycles. The van der Waals surface area contributed by atoms with E-state index in [0.717, 1.165) is 23.0 Å². The van der Waals surface area contributed by atoms with Crippen LogP contribution in [0.3, 0.4) is 0 Å². The zero-order chi connectivity index (χ0) is 23.3. The molecule has 0 unspecified atom stereocenters. The predicted molar refractivity (Wildman–Crippen MR) is 105 cm³/mol. The Morgan fingerprint density at radius 1 is 1.00 bits per heavy atom. The van der Waals surface area contributed by atoms with Crippen molar-refractivity contribution in [3.63, 3.8) is 0 Å². The first kappa shape index (κ1) is 22.1. The number of halogens is 6. The van der Waals surface area contributed by atoms with Crippen LogP contribution in [-0.2, 0) is 19.4 Å². The van der Waals surface area contributed by atoms with Crippen molar-refractivity contribution < 1.29 is 26.3 Å². The number of aromatic nitrogens is 6. The zero-order valence-corrected chi connectivity index (χ0v) is 17.3. The lowest BCUT2D eigenvalue weighted by molar-refractivity contribution is -0.141. The third kappa shape index (κ3) is 4.04. The zero-order valence-electron chi connectivity index (χ0n) is 16.5. The molecule has 4 heterocycles. The summed E-state index contributed by atoms with van der Waals surface area (Å²) in [5, 5.41) is 3.55. The van der Waals surface area contributed by atoms with Crippen molar-refractivity contribution in [2.45, 2.75) is 24.2 Å². The maximum absolute atomic E-state index is 13.0. The number of fused-ring (bicyclic) bond motifs is 1. The van der Waals surface area contributed by atoms with Gasteiger partial charge in [0.1, 0.15) is 11.2 Å². The summed E-state index contributed by atoms with van der Waals surface area (Å²) in [7, 11) is 1.60. The molecule has 0 aliphatic carbocycles. The number of nitrogens with zero attached hydrogens (tertiary/aromatic N) is 6. The maximum atomic E-state index is 13.0. The van der Waals surface area contributed by atoms with Crippen molar-refractivity contribution in [3.8, 4) is 17.2 Å². The van der Waals surface area contributed by atoms with Crippen LogP contribution < -0.4 is 0 Å². The second-order valence-electron chi connectivity index (χ2n) is 6.68. The number of aryl methyl sites for hydroxylation is 1. The van der Waals surface area contributed by atoms with E-state index in [9.17, 15) is 26.3 Å². The van der Waals surface area contributed by atoms with E-state index in [1.165, 1.54) is 28.7 Å². The normalized spacial score (nSPS) is 12.6. The Hall–Kier alpha value is -3.09. The molecule has 0 bridgehead atoms. The van der Waals surface area contributed by atoms with Gasteiger partial charge in [-0.3, -0.25) is 0 Å². The Kier molecular flexibility index (Phi) is 5.39. The van der Waals surface area contributed by atoms with Gasteiger partial charge in [0, 0.05) is 24.3 Å². The molecule has 4 rings (SSSR count). The first-order valence-electron chi connectivity index (χ1n) is 9.15. The van der Waals surface area contributed by atoms with Gasteiger partial charge in [-0.25, -0.2) is 19.6 Å². The third-order valence-electron chi connectivity index (χ3n) is 4.53. The summed E-state index contributed by atoms with van der Waals surface area (Å²) in [6.07, 6.45) is -5.88. The average Bonchev–Trinajstić information content (AvgIpc) is 3.33. The summed E-state index contributed by atoms with van der Waals surface area (Å²) >= 11 is 1.36. The molecule has 0 atom stereocenters. The first-order chi connectivity index (χ1) is 15.0. The quantitative estimate of drug-likeness (QED) is 0.295. The lowest BCUT2D eigenvalue weighted by Gasteiger charge is -2.10. The summed E-state index contributed by atoms with van der Waals surface area (Å²) in [4.78, 5) is 13.1. The third-order valence-corrected chi connectivity index (χ3v) is 5.44. The molecular formula is C19H14F6N6S. The van der Waals surface area contributed by atoms with E-state index in [4.69, 9.17) is 0 Å². The summed E-state index contributed by atoms with van der Waals surface area (Å²) in [5.74, 6) is 0.900. The number of rotatable bonds is 4. The fraction of sp³-hybridized carbons (Fsp3) is 0.263. The van der Waals surface area contributed by atoms with Gasteiger partial charge in [0.15, 0.2) is 17.2 Å². The molecule has 0 fully saturated rings. The number of thioether (sulfide) groups is 1. The van der Waals surface area contributed by atoms with Crippen molar-refractivity contribution in [1.82, 2.24) is 29.3 Å². The highest BCUT2D eigenvalue weighted by molar-refractivity contribution is 7.99. The van der Waals surface area contributed by atoms with Gasteiger partial charge in [-0.1, -0.05) is 6.92 Å². The van der Waals surface area contributed by atoms with E-state index >= 15 is 0 Å². The van der Waals surface area contributed by atoms with E-state index in [0.29, 0.717) is 22.0 Å². The van der Waals surface area contributed by atoms with Gasteiger partial charge < -0.3 is 4.57 Å². The van der Waals surface area contributed by atoms with E-state index in [1.54, 1.807) is 13.1 Å². The van der Waals surface area contributed by atoms with Crippen molar-refractivity contribution >= 4 is 22.9 Å². The Morgan fingerprint density at radius 2 is 1.75 bits per heavy atom. The van der Waals surface area contributed by atoms with E-state index in [-0.39, 0.29) is 17.0 Å². The van der Waals surface area contributed by atoms with Crippen LogP contribution in [0.25, 0.3) is 28.4 Å². The Morgan fingerprint density at radius 3 is 2.38 bits per heavy atom. The lowest BCUT2D eigenvalue weighted by Crippen LogP contribution is -2.07. The topological polar surface area (TPSA) is 61.4 Å². The maximum Gasteiger partial charge on any atom is 0.435 e. The van der Waals surface area contributed by atoms with Crippen molar-refractivity contribution in [1.29, 1.82) is 0 Å². The molecule has 32 heavy (non-hydrogen) atoms. The predicted octanol–water partition coefficient (Wildman–Crippen LogP) is 5.37. The van der Waals surface area contributed by atoms with Gasteiger partial charge in [0.05, 0.1) is 17.4 Å². The van der Waals surface area contributed by atoms with Crippen LogP contribution in [0.4, 0.5) is 26.3 Å². The van der Waals surface area contributed by atoms with E-state index in [1.807, 2.05) is 6.92 Å². The minimum Gasteiger partial charge on any atom is -0.310 e. The molecule has 0 aliphatic heterocycles. The SMILES string of the molecule is CCSc1cc(-n2ccc(C(F)(F)F)n2)cnc1-c1nc2cc(C(F)(F)F)cnc2n1C. The minimum absolute atomic E-state index is 0.0533. The van der Waals surface area contributed by atoms with E-state index in [2.05, 4.69) is 20.1 Å². The molecule has 0 saturated carbocycles. The highest BCUT2D eigenvalue weighted by Crippen LogP contribution is 2.35. The molecule has 0 amide bonds. The van der Waals surface area contributed by atoms with Gasteiger partial charge in [0.2, 0.25) is 0 Å². The second-order valence-corrected chi connectivity index (χ2v) is 7.98. The summed E-state index contributed by atoms with van der Waals surface area (Å²) in [6.45, 7) is 1.88. The highest BCUT2D eigenvalue weighted by Gasteiger charge is 2.34. The lowest BCUT2D eigenvalue weighted by atomic mass is 10.2. The Labute approximate surface area is 181 Å². The van der Waals surface area contributed by atoms with Crippen LogP contribution in [0.1, 0.15) is 18.2 Å². The second kappa shape index (κ2) is 7.80. The van der Waals surface area contributed by atoms with Crippen molar-refractivity contribution in [2.24, 2.45) is 7.05 Å². The smallest absolute Gasteiger partial charge is 0.310 e. The molecule has 13 heteroatoms. The van der Waals surface area contributed by atoms with Gasteiger partial charge in [0.25, 0.3) is 0 Å². The number of hydrogen-bond donors (Lipinski definition) is 0. The highest BCUT2D eigenvalue weighted by atomic mass is 32.2. The molecule has 0 radical (unpaired) electrons. The molecular weight excluding hydrogens is 458 g/mol. The monoisotopic (exact) mass is 472 g/mol. The molecule has 0 aliphatic rings. The molecule has 0 saturated heterocycles. The summed E-state index contributed by atoms with van der Waals surface area (Å²) in [6, 6.07) is 3.38. The Balaban J connectivity index is 1.80. The largest absolute Gasteiger partial charge is 0.435 e. The van der Waals surface area contributed by atoms with Crippen LogP contribution >= 0.6 is 11.8 Å². The fourth-order valence-electron chi connectivity index (χ4n) is 3.05. The first-order valence-corrected chi connectivity index (χ1v) is 10.1. The van der Waals surface area contributed by atoms with Crippen LogP contribution in [0.2, 0.25) is 0 Å². The molecule has 6 nitrogen and oxygen atoms in total. The minimum atomic E-state index is -4.57. The molecule has 0 spiro atoms. The standard InChI is InChI=1S/C19H14F6N6S/c1-3-32-13-7-11(31-5-4-14(29-31)19(23,24)25)9-26-15(13)17-28-12-6-10(18(20,21)22)8-27-16(12)30(17)2/h4-9H,3H2,1-2H3. The van der Waals surface area contributed by atoms with Gasteiger partial charge in [-0.15, -0.1) is 11.8 Å². The van der Waals surface area contributed by atoms with E-state index < -0.39 is 23.6 Å². The van der Waals surface area contributed by atoms with Gasteiger partial charge in [-0.05, 0) is 24.0 Å². The summed E-state index contributed by atoms with van der Waals surface area (Å²) in [5.41, 5.74) is -0.978. The number of pyridine rings is 2. The summed E-state index contributed by atoms with van der Waals surface area (Å²) < 4.78 is 80.3. The number of hydrogen-bond acceptors (Lipinski definition) is 5.